The molecule has 0 bridgehead atoms. The van der Waals surface area contributed by atoms with Crippen molar-refractivity contribution in [3.05, 3.63) is 0 Å². The fraction of sp³-hybridized carbons (Fsp3) is 0.857. The molecule has 0 aromatic carbocycles. The topological polar surface area (TPSA) is 41.6 Å². The summed E-state index contributed by atoms with van der Waals surface area (Å²) in [4.78, 5) is 5.31. The van der Waals surface area contributed by atoms with E-state index in [2.05, 4.69) is 4.99 Å². The molecule has 12 heavy (non-hydrogen) atoms. The number of hydrogen-bond acceptors (Lipinski definition) is 1. The van der Waals surface area contributed by atoms with Crippen LogP contribution in [-0.2, 0) is 0 Å². The maximum Gasteiger partial charge on any atom is 0.255 e. The molecule has 0 saturated heterocycles. The Hall–Kier alpha value is -0.870. The molecule has 1 aliphatic carbocycles. The minimum absolute atomic E-state index is 0.220. The van der Waals surface area contributed by atoms with Gasteiger partial charge in [0.25, 0.3) is 6.43 Å². The summed E-state index contributed by atoms with van der Waals surface area (Å²) in [6.45, 7) is -0.345. The number of halogens is 2. The van der Waals surface area contributed by atoms with Crippen molar-refractivity contribution in [3.8, 4) is 0 Å². The molecule has 0 atom stereocenters. The van der Waals surface area contributed by atoms with Crippen molar-refractivity contribution in [3.63, 3.8) is 0 Å². The van der Waals surface area contributed by atoms with Gasteiger partial charge in [0.1, 0.15) is 0 Å². The molecule has 1 fully saturated rings. The van der Waals surface area contributed by atoms with E-state index >= 15 is 0 Å². The largest absolute Gasteiger partial charge is 0.370 e. The molecule has 0 aromatic heterocycles. The molecule has 0 aromatic rings. The third-order valence-corrected chi connectivity index (χ3v) is 1.66. The molecule has 0 unspecified atom stereocenters. The lowest BCUT2D eigenvalue weighted by Gasteiger charge is -2.16. The van der Waals surface area contributed by atoms with Crippen LogP contribution in [0.3, 0.4) is 0 Å². The van der Waals surface area contributed by atoms with Crippen molar-refractivity contribution in [2.45, 2.75) is 25.3 Å². The summed E-state index contributed by atoms with van der Waals surface area (Å²) in [6.07, 6.45) is -0.296. The van der Waals surface area contributed by atoms with E-state index in [1.807, 2.05) is 0 Å². The number of alkyl halides is 2. The molecule has 0 aliphatic heterocycles. The van der Waals surface area contributed by atoms with Gasteiger partial charge in [0.2, 0.25) is 0 Å². The third-order valence-electron chi connectivity index (χ3n) is 1.66. The average molecular weight is 177 g/mol. The lowest BCUT2D eigenvalue weighted by atomic mass is 10.6. The fourth-order valence-corrected chi connectivity index (χ4v) is 0.790. The highest BCUT2D eigenvalue weighted by Gasteiger charge is 2.21. The Morgan fingerprint density at radius 2 is 2.25 bits per heavy atom. The Morgan fingerprint density at radius 1 is 1.67 bits per heavy atom. The van der Waals surface area contributed by atoms with Crippen molar-refractivity contribution in [2.24, 2.45) is 10.7 Å². The monoisotopic (exact) mass is 177 g/mol. The Labute approximate surface area is 70.2 Å². The van der Waals surface area contributed by atoms with Crippen LogP contribution in [0.25, 0.3) is 0 Å². The van der Waals surface area contributed by atoms with Gasteiger partial charge in [0, 0.05) is 7.05 Å². The van der Waals surface area contributed by atoms with Crippen LogP contribution in [0.1, 0.15) is 12.8 Å². The molecule has 0 heterocycles. The van der Waals surface area contributed by atoms with Gasteiger partial charge < -0.3 is 10.6 Å². The van der Waals surface area contributed by atoms with Crippen molar-refractivity contribution < 1.29 is 8.78 Å². The van der Waals surface area contributed by atoms with Gasteiger partial charge in [0.05, 0.1) is 12.6 Å². The first-order valence-electron chi connectivity index (χ1n) is 3.92. The summed E-state index contributed by atoms with van der Waals surface area (Å²) in [5.74, 6) is 0.220. The maximum atomic E-state index is 11.8. The van der Waals surface area contributed by atoms with Gasteiger partial charge in [-0.25, -0.2) is 13.8 Å². The zero-order chi connectivity index (χ0) is 9.14. The lowest BCUT2D eigenvalue weighted by Crippen LogP contribution is -2.37. The van der Waals surface area contributed by atoms with E-state index in [-0.39, 0.29) is 18.5 Å². The molecule has 1 aliphatic rings. The predicted molar refractivity (Wildman–Crippen MR) is 43.3 cm³/mol. The smallest absolute Gasteiger partial charge is 0.255 e. The predicted octanol–water partition coefficient (Wildman–Crippen LogP) is 0.660. The molecule has 0 amide bonds. The number of hydrogen-bond donors (Lipinski definition) is 1. The second-order valence-corrected chi connectivity index (χ2v) is 2.99. The summed E-state index contributed by atoms with van der Waals surface area (Å²) in [6, 6.07) is 0.283. The Balaban J connectivity index is 2.33. The molecule has 2 N–H and O–H groups in total. The molecule has 0 spiro atoms. The highest BCUT2D eigenvalue weighted by molar-refractivity contribution is 5.78. The number of nitrogens with two attached hydrogens (primary N) is 1. The minimum atomic E-state index is -2.36. The summed E-state index contributed by atoms with van der Waals surface area (Å²) in [5, 5.41) is 0. The van der Waals surface area contributed by atoms with Crippen molar-refractivity contribution in [1.82, 2.24) is 4.90 Å². The average Bonchev–Trinajstić information content (AvgIpc) is 2.70. The molecular formula is C7H13F2N3. The van der Waals surface area contributed by atoms with E-state index in [0.29, 0.717) is 0 Å². The van der Waals surface area contributed by atoms with E-state index in [9.17, 15) is 8.78 Å². The van der Waals surface area contributed by atoms with Crippen molar-refractivity contribution in [2.75, 3.05) is 13.6 Å². The normalized spacial score (nSPS) is 18.5. The van der Waals surface area contributed by atoms with Crippen molar-refractivity contribution >= 4 is 5.96 Å². The van der Waals surface area contributed by atoms with Crippen LogP contribution >= 0.6 is 0 Å². The van der Waals surface area contributed by atoms with Crippen LogP contribution in [0.15, 0.2) is 4.99 Å². The Kier molecular flexibility index (Phi) is 2.83. The highest BCUT2D eigenvalue weighted by Crippen LogP contribution is 2.23. The van der Waals surface area contributed by atoms with E-state index in [1.165, 1.54) is 11.9 Å². The first-order valence-corrected chi connectivity index (χ1v) is 3.92. The molecule has 1 saturated carbocycles. The lowest BCUT2D eigenvalue weighted by molar-refractivity contribution is 0.123. The number of rotatable bonds is 3. The quantitative estimate of drug-likeness (QED) is 0.508. The van der Waals surface area contributed by atoms with E-state index in [1.54, 1.807) is 0 Å². The van der Waals surface area contributed by atoms with Crippen LogP contribution in [-0.4, -0.2) is 36.9 Å². The summed E-state index contributed by atoms with van der Waals surface area (Å²) >= 11 is 0. The number of aliphatic imine (C=N–C) groups is 1. The summed E-state index contributed by atoms with van der Waals surface area (Å²) in [7, 11) is 1.52. The van der Waals surface area contributed by atoms with Gasteiger partial charge in [0.15, 0.2) is 5.96 Å². The maximum absolute atomic E-state index is 11.8. The number of guanidine groups is 1. The van der Waals surface area contributed by atoms with Crippen LogP contribution < -0.4 is 5.73 Å². The van der Waals surface area contributed by atoms with Gasteiger partial charge >= 0.3 is 0 Å². The van der Waals surface area contributed by atoms with E-state index < -0.39 is 6.43 Å². The fourth-order valence-electron chi connectivity index (χ4n) is 0.790. The first-order chi connectivity index (χ1) is 5.59. The van der Waals surface area contributed by atoms with E-state index in [0.717, 1.165) is 12.8 Å². The van der Waals surface area contributed by atoms with Gasteiger partial charge in [-0.3, -0.25) is 0 Å². The highest BCUT2D eigenvalue weighted by atomic mass is 19.3. The van der Waals surface area contributed by atoms with Gasteiger partial charge in [-0.15, -0.1) is 0 Å². The standard InChI is InChI=1S/C7H13F2N3/c1-12(4-6(8)9)7(10)11-5-2-3-5/h5-6H,2-4H2,1H3,(H2,10,11). The van der Waals surface area contributed by atoms with Crippen LogP contribution in [0, 0.1) is 0 Å². The molecule has 5 heteroatoms. The van der Waals surface area contributed by atoms with Crippen molar-refractivity contribution in [1.29, 1.82) is 0 Å². The second-order valence-electron chi connectivity index (χ2n) is 2.99. The van der Waals surface area contributed by atoms with Crippen LogP contribution in [0.4, 0.5) is 8.78 Å². The van der Waals surface area contributed by atoms with Crippen LogP contribution in [0.5, 0.6) is 0 Å². The zero-order valence-electron chi connectivity index (χ0n) is 7.00. The zero-order valence-corrected chi connectivity index (χ0v) is 7.00. The molecule has 70 valence electrons. The number of nitrogens with zero attached hydrogens (tertiary/aromatic N) is 2. The van der Waals surface area contributed by atoms with Crippen LogP contribution in [0.2, 0.25) is 0 Å². The Bertz CT molecular complexity index is 177. The first kappa shape index (κ1) is 9.22. The third kappa shape index (κ3) is 3.02. The van der Waals surface area contributed by atoms with Gasteiger partial charge in [-0.05, 0) is 12.8 Å². The Morgan fingerprint density at radius 3 is 2.67 bits per heavy atom. The molecule has 3 nitrogen and oxygen atoms in total. The molecule has 1 rings (SSSR count). The summed E-state index contributed by atoms with van der Waals surface area (Å²) in [5.41, 5.74) is 5.45. The van der Waals surface area contributed by atoms with Gasteiger partial charge in [-0.2, -0.15) is 0 Å². The van der Waals surface area contributed by atoms with E-state index in [4.69, 9.17) is 5.73 Å². The second kappa shape index (κ2) is 3.69. The minimum Gasteiger partial charge on any atom is -0.370 e. The SMILES string of the molecule is CN(CC(F)F)C(N)=NC1CC1. The summed E-state index contributed by atoms with van der Waals surface area (Å²) < 4.78 is 23.7. The van der Waals surface area contributed by atoms with Gasteiger partial charge in [-0.1, -0.05) is 0 Å². The molecule has 0 radical (unpaired) electrons. The molecular weight excluding hydrogens is 164 g/mol.